The Morgan fingerprint density at radius 1 is 1.15 bits per heavy atom. The van der Waals surface area contributed by atoms with Crippen molar-refractivity contribution in [3.8, 4) is 0 Å². The summed E-state index contributed by atoms with van der Waals surface area (Å²) in [5.74, 6) is 2.29. The molecule has 0 saturated carbocycles. The van der Waals surface area contributed by atoms with Gasteiger partial charge in [-0.25, -0.2) is 0 Å². The Balaban J connectivity index is 2.31. The average Bonchev–Trinajstić information content (AvgIpc) is 2.66. The van der Waals surface area contributed by atoms with E-state index in [0.717, 1.165) is 41.3 Å². The van der Waals surface area contributed by atoms with E-state index in [0.29, 0.717) is 11.8 Å². The number of hydrogen-bond donors (Lipinski definition) is 1. The van der Waals surface area contributed by atoms with Crippen LogP contribution in [0.2, 0.25) is 5.02 Å². The van der Waals surface area contributed by atoms with Gasteiger partial charge in [-0.2, -0.15) is 0 Å². The highest BCUT2D eigenvalue weighted by Crippen LogP contribution is 2.30. The van der Waals surface area contributed by atoms with Crippen molar-refractivity contribution in [1.29, 1.82) is 0 Å². The third kappa shape index (κ3) is 3.77. The number of hydrogen-bond acceptors (Lipinski definition) is 2. The summed E-state index contributed by atoms with van der Waals surface area (Å²) in [5.41, 5.74) is 2.24. The molecule has 1 N–H and O–H groups in total. The summed E-state index contributed by atoms with van der Waals surface area (Å²) >= 11 is 6.13. The first-order chi connectivity index (χ1) is 9.47. The Labute approximate surface area is 126 Å². The predicted molar refractivity (Wildman–Crippen MR) is 86.3 cm³/mol. The van der Waals surface area contributed by atoms with Gasteiger partial charge in [-0.3, -0.25) is 0 Å². The molecule has 2 nitrogen and oxygen atoms in total. The fourth-order valence-electron chi connectivity index (χ4n) is 2.42. The van der Waals surface area contributed by atoms with Crippen LogP contribution in [0, 0.1) is 11.8 Å². The molecule has 1 aromatic heterocycles. The molecule has 110 valence electrons. The number of rotatable bonds is 6. The summed E-state index contributed by atoms with van der Waals surface area (Å²) in [6.45, 7) is 10.7. The lowest BCUT2D eigenvalue weighted by atomic mass is 10.00. The van der Waals surface area contributed by atoms with Crippen molar-refractivity contribution in [2.24, 2.45) is 11.8 Å². The summed E-state index contributed by atoms with van der Waals surface area (Å²) in [7, 11) is 0. The van der Waals surface area contributed by atoms with E-state index in [2.05, 4.69) is 33.0 Å². The average molecular weight is 294 g/mol. The molecule has 0 aliphatic carbocycles. The summed E-state index contributed by atoms with van der Waals surface area (Å²) in [5, 5.41) is 5.39. The van der Waals surface area contributed by atoms with Gasteiger partial charge >= 0.3 is 0 Å². The van der Waals surface area contributed by atoms with E-state index >= 15 is 0 Å². The lowest BCUT2D eigenvalue weighted by Gasteiger charge is -2.09. The van der Waals surface area contributed by atoms with Gasteiger partial charge in [0.1, 0.15) is 11.3 Å². The van der Waals surface area contributed by atoms with Crippen LogP contribution in [0.5, 0.6) is 0 Å². The zero-order valence-corrected chi connectivity index (χ0v) is 13.6. The molecule has 1 aromatic carbocycles. The fourth-order valence-corrected chi connectivity index (χ4v) is 2.59. The molecule has 0 aliphatic rings. The van der Waals surface area contributed by atoms with Crippen LogP contribution in [0.1, 0.15) is 39.0 Å². The van der Waals surface area contributed by atoms with Crippen LogP contribution >= 0.6 is 11.6 Å². The Morgan fingerprint density at radius 2 is 1.90 bits per heavy atom. The summed E-state index contributed by atoms with van der Waals surface area (Å²) in [6, 6.07) is 5.87. The summed E-state index contributed by atoms with van der Waals surface area (Å²) in [4.78, 5) is 0. The SMILES string of the molecule is CC(C)CNCc1oc2ccc(Cl)cc2c1CC(C)C. The minimum Gasteiger partial charge on any atom is -0.459 e. The highest BCUT2D eigenvalue weighted by molar-refractivity contribution is 6.31. The quantitative estimate of drug-likeness (QED) is 0.808. The normalized spacial score (nSPS) is 11.9. The standard InChI is InChI=1S/C17H24ClNO/c1-11(2)7-14-15-8-13(18)5-6-16(15)20-17(14)10-19-9-12(3)4/h5-6,8,11-12,19H,7,9-10H2,1-4H3. The molecule has 20 heavy (non-hydrogen) atoms. The maximum atomic E-state index is 6.13. The molecule has 0 radical (unpaired) electrons. The first-order valence-corrected chi connectivity index (χ1v) is 7.75. The lowest BCUT2D eigenvalue weighted by molar-refractivity contribution is 0.476. The maximum Gasteiger partial charge on any atom is 0.134 e. The van der Waals surface area contributed by atoms with Crippen molar-refractivity contribution in [1.82, 2.24) is 5.32 Å². The second-order valence-electron chi connectivity index (χ2n) is 6.27. The molecule has 0 amide bonds. The van der Waals surface area contributed by atoms with Gasteiger partial charge < -0.3 is 9.73 Å². The smallest absolute Gasteiger partial charge is 0.134 e. The van der Waals surface area contributed by atoms with Crippen LogP contribution in [0.4, 0.5) is 0 Å². The van der Waals surface area contributed by atoms with Gasteiger partial charge in [0.15, 0.2) is 0 Å². The largest absolute Gasteiger partial charge is 0.459 e. The van der Waals surface area contributed by atoms with Gasteiger partial charge in [-0.15, -0.1) is 0 Å². The van der Waals surface area contributed by atoms with Crippen molar-refractivity contribution in [3.05, 3.63) is 34.5 Å². The minimum atomic E-state index is 0.596. The fraction of sp³-hybridized carbons (Fsp3) is 0.529. The van der Waals surface area contributed by atoms with Crippen LogP contribution in [-0.4, -0.2) is 6.54 Å². The molecule has 0 atom stereocenters. The van der Waals surface area contributed by atoms with Gasteiger partial charge in [0.05, 0.1) is 6.54 Å². The van der Waals surface area contributed by atoms with Crippen LogP contribution in [-0.2, 0) is 13.0 Å². The predicted octanol–water partition coefficient (Wildman–Crippen LogP) is 5.03. The molecule has 0 spiro atoms. The van der Waals surface area contributed by atoms with Crippen LogP contribution in [0.25, 0.3) is 11.0 Å². The van der Waals surface area contributed by atoms with E-state index in [1.165, 1.54) is 5.56 Å². The topological polar surface area (TPSA) is 25.2 Å². The number of nitrogens with one attached hydrogen (secondary N) is 1. The van der Waals surface area contributed by atoms with Crippen molar-refractivity contribution in [2.75, 3.05) is 6.54 Å². The van der Waals surface area contributed by atoms with E-state index in [-0.39, 0.29) is 0 Å². The van der Waals surface area contributed by atoms with Gasteiger partial charge in [0.25, 0.3) is 0 Å². The Morgan fingerprint density at radius 3 is 2.55 bits per heavy atom. The molecule has 0 unspecified atom stereocenters. The zero-order valence-electron chi connectivity index (χ0n) is 12.8. The van der Waals surface area contributed by atoms with Gasteiger partial charge in [0, 0.05) is 16.0 Å². The molecule has 2 rings (SSSR count). The Bertz CT molecular complexity index is 572. The third-order valence-electron chi connectivity index (χ3n) is 3.29. The second-order valence-corrected chi connectivity index (χ2v) is 6.70. The van der Waals surface area contributed by atoms with E-state index in [9.17, 15) is 0 Å². The number of benzene rings is 1. The number of halogens is 1. The van der Waals surface area contributed by atoms with Crippen molar-refractivity contribution in [3.63, 3.8) is 0 Å². The molecule has 0 bridgehead atoms. The molecule has 3 heteroatoms. The number of furan rings is 1. The van der Waals surface area contributed by atoms with Gasteiger partial charge in [-0.05, 0) is 43.0 Å². The summed E-state index contributed by atoms with van der Waals surface area (Å²) in [6.07, 6.45) is 1.02. The van der Waals surface area contributed by atoms with E-state index in [4.69, 9.17) is 16.0 Å². The first-order valence-electron chi connectivity index (χ1n) is 7.38. The maximum absolute atomic E-state index is 6.13. The van der Waals surface area contributed by atoms with E-state index < -0.39 is 0 Å². The van der Waals surface area contributed by atoms with Crippen molar-refractivity contribution >= 4 is 22.6 Å². The first kappa shape index (κ1) is 15.4. The third-order valence-corrected chi connectivity index (χ3v) is 3.52. The molecule has 0 aliphatic heterocycles. The van der Waals surface area contributed by atoms with E-state index in [1.807, 2.05) is 18.2 Å². The molecule has 0 fully saturated rings. The minimum absolute atomic E-state index is 0.596. The number of fused-ring (bicyclic) bond motifs is 1. The molecule has 2 aromatic rings. The Hall–Kier alpha value is -0.990. The van der Waals surface area contributed by atoms with Gasteiger partial charge in [0.2, 0.25) is 0 Å². The molecular formula is C17H24ClNO. The van der Waals surface area contributed by atoms with Crippen LogP contribution in [0.15, 0.2) is 22.6 Å². The Kier molecular flexibility index (Phi) is 5.11. The highest BCUT2D eigenvalue weighted by Gasteiger charge is 2.15. The highest BCUT2D eigenvalue weighted by atomic mass is 35.5. The van der Waals surface area contributed by atoms with Gasteiger partial charge in [-0.1, -0.05) is 39.3 Å². The lowest BCUT2D eigenvalue weighted by Crippen LogP contribution is -2.19. The van der Waals surface area contributed by atoms with Crippen LogP contribution in [0.3, 0.4) is 0 Å². The monoisotopic (exact) mass is 293 g/mol. The van der Waals surface area contributed by atoms with Crippen LogP contribution < -0.4 is 5.32 Å². The van der Waals surface area contributed by atoms with E-state index in [1.54, 1.807) is 0 Å². The second kappa shape index (κ2) is 6.64. The molecule has 0 saturated heterocycles. The van der Waals surface area contributed by atoms with Crippen molar-refractivity contribution < 1.29 is 4.42 Å². The zero-order chi connectivity index (χ0) is 14.7. The summed E-state index contributed by atoms with van der Waals surface area (Å²) < 4.78 is 6.02. The molecular weight excluding hydrogens is 270 g/mol. The molecule has 1 heterocycles. The van der Waals surface area contributed by atoms with Crippen molar-refractivity contribution in [2.45, 2.75) is 40.7 Å².